The van der Waals surface area contributed by atoms with E-state index in [4.69, 9.17) is 0 Å². The molecule has 24 heavy (non-hydrogen) atoms. The Morgan fingerprint density at radius 2 is 2.04 bits per heavy atom. The summed E-state index contributed by atoms with van der Waals surface area (Å²) in [4.78, 5) is 20.3. The molecule has 0 radical (unpaired) electrons. The largest absolute Gasteiger partial charge is 0.361 e. The molecule has 4 aromatic rings. The number of rotatable bonds is 2. The lowest BCUT2D eigenvalue weighted by atomic mass is 10.2. The molecular formula is C18H13BrN4O. The minimum atomic E-state index is -0.171. The third-order valence-electron chi connectivity index (χ3n) is 3.90. The van der Waals surface area contributed by atoms with Crippen molar-refractivity contribution in [2.45, 2.75) is 6.92 Å². The van der Waals surface area contributed by atoms with Gasteiger partial charge in [-0.1, -0.05) is 28.1 Å². The molecule has 6 heteroatoms. The summed E-state index contributed by atoms with van der Waals surface area (Å²) in [6, 6.07) is 13.3. The van der Waals surface area contributed by atoms with E-state index in [0.29, 0.717) is 16.7 Å². The van der Waals surface area contributed by atoms with Crippen LogP contribution >= 0.6 is 15.9 Å². The topological polar surface area (TPSA) is 63.0 Å². The summed E-state index contributed by atoms with van der Waals surface area (Å²) >= 11 is 3.47. The van der Waals surface area contributed by atoms with Crippen LogP contribution in [0.25, 0.3) is 21.8 Å². The number of hydrogen-bond donors (Lipinski definition) is 1. The highest BCUT2D eigenvalue weighted by Gasteiger charge is 2.07. The van der Waals surface area contributed by atoms with Crippen molar-refractivity contribution >= 4 is 44.0 Å². The lowest BCUT2D eigenvalue weighted by molar-refractivity contribution is 0.771. The lowest BCUT2D eigenvalue weighted by Crippen LogP contribution is -2.20. The third kappa shape index (κ3) is 2.45. The minimum absolute atomic E-state index is 0.171. The Morgan fingerprint density at radius 1 is 1.21 bits per heavy atom. The molecule has 0 aliphatic heterocycles. The number of fused-ring (bicyclic) bond motifs is 2. The monoisotopic (exact) mass is 380 g/mol. The number of benzene rings is 2. The predicted molar refractivity (Wildman–Crippen MR) is 99.7 cm³/mol. The van der Waals surface area contributed by atoms with E-state index >= 15 is 0 Å². The van der Waals surface area contributed by atoms with Crippen molar-refractivity contribution in [2.75, 3.05) is 0 Å². The van der Waals surface area contributed by atoms with Crippen molar-refractivity contribution < 1.29 is 0 Å². The Hall–Kier alpha value is -2.73. The first-order valence-electron chi connectivity index (χ1n) is 7.43. The van der Waals surface area contributed by atoms with Gasteiger partial charge in [-0.25, -0.2) is 4.98 Å². The maximum absolute atomic E-state index is 12.6. The molecule has 2 aromatic heterocycles. The number of H-pyrrole nitrogens is 1. The maximum Gasteiger partial charge on any atom is 0.282 e. The smallest absolute Gasteiger partial charge is 0.282 e. The predicted octanol–water partition coefficient (Wildman–Crippen LogP) is 3.83. The van der Waals surface area contributed by atoms with Crippen LogP contribution in [-0.4, -0.2) is 20.9 Å². The molecule has 0 atom stereocenters. The van der Waals surface area contributed by atoms with Gasteiger partial charge in [-0.05, 0) is 37.3 Å². The van der Waals surface area contributed by atoms with Crippen molar-refractivity contribution in [3.8, 4) is 0 Å². The average molecular weight is 381 g/mol. The Labute approximate surface area is 145 Å². The number of aromatic amines is 1. The van der Waals surface area contributed by atoms with Gasteiger partial charge in [0.05, 0.1) is 17.1 Å². The van der Waals surface area contributed by atoms with Crippen LogP contribution in [0.3, 0.4) is 0 Å². The van der Waals surface area contributed by atoms with Crippen LogP contribution in [0.2, 0.25) is 0 Å². The zero-order valence-electron chi connectivity index (χ0n) is 12.8. The second kappa shape index (κ2) is 5.72. The molecule has 0 saturated carbocycles. The maximum atomic E-state index is 12.6. The van der Waals surface area contributed by atoms with Gasteiger partial charge in [0.2, 0.25) is 0 Å². The third-order valence-corrected chi connectivity index (χ3v) is 4.40. The fourth-order valence-electron chi connectivity index (χ4n) is 2.71. The molecular weight excluding hydrogens is 368 g/mol. The van der Waals surface area contributed by atoms with Gasteiger partial charge in [-0.3, -0.25) is 4.79 Å². The van der Waals surface area contributed by atoms with E-state index < -0.39 is 0 Å². The van der Waals surface area contributed by atoms with E-state index in [1.54, 1.807) is 19.2 Å². The highest BCUT2D eigenvalue weighted by molar-refractivity contribution is 9.10. The molecule has 2 heterocycles. The first-order chi connectivity index (χ1) is 11.6. The van der Waals surface area contributed by atoms with E-state index in [0.717, 1.165) is 20.9 Å². The highest BCUT2D eigenvalue weighted by atomic mass is 79.9. The van der Waals surface area contributed by atoms with Crippen LogP contribution in [0.4, 0.5) is 0 Å². The number of aromatic nitrogens is 3. The molecule has 4 rings (SSSR count). The van der Waals surface area contributed by atoms with Crippen LogP contribution in [0.5, 0.6) is 0 Å². The van der Waals surface area contributed by atoms with E-state index in [2.05, 4.69) is 31.0 Å². The van der Waals surface area contributed by atoms with Crippen LogP contribution < -0.4 is 5.56 Å². The van der Waals surface area contributed by atoms with Crippen LogP contribution in [0.15, 0.2) is 63.0 Å². The van der Waals surface area contributed by atoms with Gasteiger partial charge in [-0.15, -0.1) is 0 Å². The van der Waals surface area contributed by atoms with Gasteiger partial charge in [0, 0.05) is 27.1 Å². The standard InChI is InChI=1S/C18H13BrN4O/c1-11-22-17-5-3-2-4-14(17)18(24)23(11)21-10-12-9-20-16-7-6-13(19)8-15(12)16/h2-10,20H,1H3/b21-10+. The molecule has 118 valence electrons. The molecule has 0 spiro atoms. The second-order valence-electron chi connectivity index (χ2n) is 5.47. The summed E-state index contributed by atoms with van der Waals surface area (Å²) in [6.07, 6.45) is 3.55. The number of nitrogens with one attached hydrogen (secondary N) is 1. The molecule has 5 nitrogen and oxygen atoms in total. The molecule has 0 amide bonds. The van der Waals surface area contributed by atoms with E-state index in [1.807, 2.05) is 42.6 Å². The fraction of sp³-hybridized carbons (Fsp3) is 0.0556. The summed E-state index contributed by atoms with van der Waals surface area (Å²) in [5, 5.41) is 5.95. The van der Waals surface area contributed by atoms with Crippen molar-refractivity contribution in [3.63, 3.8) is 0 Å². The van der Waals surface area contributed by atoms with Crippen molar-refractivity contribution in [1.82, 2.24) is 14.6 Å². The molecule has 0 bridgehead atoms. The number of para-hydroxylation sites is 1. The SMILES string of the molecule is Cc1nc2ccccc2c(=O)n1/N=C/c1c[nH]c2ccc(Br)cc12. The van der Waals surface area contributed by atoms with Gasteiger partial charge in [0.15, 0.2) is 0 Å². The van der Waals surface area contributed by atoms with E-state index in [-0.39, 0.29) is 5.56 Å². The summed E-state index contributed by atoms with van der Waals surface area (Å²) in [5.74, 6) is 0.552. The highest BCUT2D eigenvalue weighted by Crippen LogP contribution is 2.21. The van der Waals surface area contributed by atoms with Gasteiger partial charge < -0.3 is 4.98 Å². The second-order valence-corrected chi connectivity index (χ2v) is 6.39. The fourth-order valence-corrected chi connectivity index (χ4v) is 3.07. The summed E-state index contributed by atoms with van der Waals surface area (Å²) < 4.78 is 2.32. The van der Waals surface area contributed by atoms with Crippen molar-refractivity contribution in [1.29, 1.82) is 0 Å². The van der Waals surface area contributed by atoms with Crippen molar-refractivity contribution in [2.24, 2.45) is 5.10 Å². The van der Waals surface area contributed by atoms with Crippen molar-refractivity contribution in [3.05, 3.63) is 74.9 Å². The molecule has 0 unspecified atom stereocenters. The summed E-state index contributed by atoms with van der Waals surface area (Å²) in [6.45, 7) is 1.77. The summed E-state index contributed by atoms with van der Waals surface area (Å²) in [7, 11) is 0. The average Bonchev–Trinajstić information content (AvgIpc) is 2.97. The zero-order valence-corrected chi connectivity index (χ0v) is 14.4. The Balaban J connectivity index is 1.85. The minimum Gasteiger partial charge on any atom is -0.361 e. The van der Waals surface area contributed by atoms with Crippen LogP contribution in [-0.2, 0) is 0 Å². The van der Waals surface area contributed by atoms with Gasteiger partial charge in [0.25, 0.3) is 5.56 Å². The summed E-state index contributed by atoms with van der Waals surface area (Å²) in [5.41, 5.74) is 2.43. The first-order valence-corrected chi connectivity index (χ1v) is 8.22. The number of aryl methyl sites for hydroxylation is 1. The van der Waals surface area contributed by atoms with Crippen LogP contribution in [0.1, 0.15) is 11.4 Å². The van der Waals surface area contributed by atoms with E-state index in [9.17, 15) is 4.79 Å². The number of hydrogen-bond acceptors (Lipinski definition) is 3. The first kappa shape index (κ1) is 14.8. The van der Waals surface area contributed by atoms with Gasteiger partial charge in [0.1, 0.15) is 5.82 Å². The lowest BCUT2D eigenvalue weighted by Gasteiger charge is -2.04. The quantitative estimate of drug-likeness (QED) is 0.537. The normalized spacial score (nSPS) is 11.8. The number of nitrogens with zero attached hydrogens (tertiary/aromatic N) is 3. The van der Waals surface area contributed by atoms with Crippen LogP contribution in [0, 0.1) is 6.92 Å². The molecule has 0 saturated heterocycles. The molecule has 0 aliphatic rings. The Morgan fingerprint density at radius 3 is 2.92 bits per heavy atom. The molecule has 0 fully saturated rings. The Kier molecular flexibility index (Phi) is 3.54. The number of halogens is 1. The molecule has 2 aromatic carbocycles. The van der Waals surface area contributed by atoms with E-state index in [1.165, 1.54) is 4.68 Å². The Bertz CT molecular complexity index is 1160. The zero-order chi connectivity index (χ0) is 16.7. The molecule has 1 N–H and O–H groups in total. The van der Waals surface area contributed by atoms with Gasteiger partial charge in [-0.2, -0.15) is 9.78 Å². The van der Waals surface area contributed by atoms with Gasteiger partial charge >= 0.3 is 0 Å². The molecule has 0 aliphatic carbocycles.